The molecule has 26 heavy (non-hydrogen) atoms. The first-order valence-corrected chi connectivity index (χ1v) is 8.69. The van der Waals surface area contributed by atoms with Crippen LogP contribution in [-0.4, -0.2) is 48.5 Å². The molecule has 0 saturated carbocycles. The predicted octanol–water partition coefficient (Wildman–Crippen LogP) is 2.97. The molecule has 0 aliphatic rings. The zero-order valence-corrected chi connectivity index (χ0v) is 16.0. The summed E-state index contributed by atoms with van der Waals surface area (Å²) in [5.41, 5.74) is 1.40. The van der Waals surface area contributed by atoms with Gasteiger partial charge in [0, 0.05) is 5.56 Å². The van der Waals surface area contributed by atoms with E-state index in [2.05, 4.69) is 10.1 Å². The molecule has 0 unspecified atom stereocenters. The van der Waals surface area contributed by atoms with Gasteiger partial charge >= 0.3 is 5.97 Å². The number of benzene rings is 1. The molecule has 2 aromatic heterocycles. The molecule has 3 rings (SSSR count). The highest BCUT2D eigenvalue weighted by molar-refractivity contribution is 7.19. The fourth-order valence-corrected chi connectivity index (χ4v) is 3.52. The molecule has 0 atom stereocenters. The fourth-order valence-electron chi connectivity index (χ4n) is 2.56. The molecule has 0 radical (unpaired) electrons. The van der Waals surface area contributed by atoms with Crippen molar-refractivity contribution in [2.24, 2.45) is 0 Å². The second-order valence-corrected chi connectivity index (χ2v) is 6.26. The van der Waals surface area contributed by atoms with Crippen LogP contribution in [0.5, 0.6) is 17.2 Å². The Morgan fingerprint density at radius 2 is 1.81 bits per heavy atom. The van der Waals surface area contributed by atoms with E-state index in [0.29, 0.717) is 50.8 Å². The average molecular weight is 377 g/mol. The van der Waals surface area contributed by atoms with Gasteiger partial charge in [-0.1, -0.05) is 11.3 Å². The van der Waals surface area contributed by atoms with Gasteiger partial charge in [-0.05, 0) is 26.0 Å². The van der Waals surface area contributed by atoms with Crippen molar-refractivity contribution in [1.82, 2.24) is 14.6 Å². The van der Waals surface area contributed by atoms with E-state index < -0.39 is 0 Å². The molecular formula is C17H19N3O5S. The average Bonchev–Trinajstić information content (AvgIpc) is 3.20. The maximum Gasteiger partial charge on any atom is 0.350 e. The van der Waals surface area contributed by atoms with Crippen molar-refractivity contribution in [3.8, 4) is 28.6 Å². The number of carbonyl (C=O) groups excluding carboxylic acids is 1. The number of methoxy groups -OCH3 is 3. The summed E-state index contributed by atoms with van der Waals surface area (Å²) in [4.78, 5) is 17.6. The van der Waals surface area contributed by atoms with Crippen molar-refractivity contribution in [2.45, 2.75) is 13.8 Å². The molecule has 9 heteroatoms. The molecule has 0 bridgehead atoms. The summed E-state index contributed by atoms with van der Waals surface area (Å²) in [6, 6.07) is 3.56. The Bertz CT molecular complexity index is 938. The summed E-state index contributed by atoms with van der Waals surface area (Å²) in [5.74, 6) is 1.67. The number of thiazole rings is 1. The van der Waals surface area contributed by atoms with Gasteiger partial charge in [-0.3, -0.25) is 0 Å². The number of rotatable bonds is 6. The molecule has 0 fully saturated rings. The number of aromatic nitrogens is 3. The van der Waals surface area contributed by atoms with Crippen molar-refractivity contribution >= 4 is 22.3 Å². The maximum absolute atomic E-state index is 12.0. The van der Waals surface area contributed by atoms with E-state index in [1.807, 2.05) is 6.92 Å². The van der Waals surface area contributed by atoms with Crippen LogP contribution in [0.2, 0.25) is 0 Å². The summed E-state index contributed by atoms with van der Waals surface area (Å²) in [5, 5.41) is 4.51. The number of nitrogens with zero attached hydrogens (tertiary/aromatic N) is 3. The van der Waals surface area contributed by atoms with Gasteiger partial charge in [0.2, 0.25) is 10.7 Å². The molecule has 3 aromatic rings. The topological polar surface area (TPSA) is 84.2 Å². The zero-order valence-electron chi connectivity index (χ0n) is 15.2. The number of hydrogen-bond acceptors (Lipinski definition) is 8. The van der Waals surface area contributed by atoms with Gasteiger partial charge < -0.3 is 18.9 Å². The van der Waals surface area contributed by atoms with E-state index in [4.69, 9.17) is 18.9 Å². The number of hydrogen-bond donors (Lipinski definition) is 0. The molecule has 0 N–H and O–H groups in total. The molecule has 0 amide bonds. The Labute approximate surface area is 154 Å². The minimum absolute atomic E-state index is 0.322. The molecule has 0 aliphatic carbocycles. The van der Waals surface area contributed by atoms with E-state index in [9.17, 15) is 4.79 Å². The van der Waals surface area contributed by atoms with Crippen LogP contribution >= 0.6 is 11.3 Å². The van der Waals surface area contributed by atoms with Gasteiger partial charge in [-0.25, -0.2) is 9.31 Å². The van der Waals surface area contributed by atoms with Crippen LogP contribution < -0.4 is 14.2 Å². The molecular weight excluding hydrogens is 358 g/mol. The van der Waals surface area contributed by atoms with Crippen LogP contribution in [0.4, 0.5) is 0 Å². The van der Waals surface area contributed by atoms with Gasteiger partial charge in [0.05, 0.1) is 33.6 Å². The molecule has 0 saturated heterocycles. The minimum atomic E-state index is -0.364. The molecule has 0 spiro atoms. The summed E-state index contributed by atoms with van der Waals surface area (Å²) < 4.78 is 22.8. The van der Waals surface area contributed by atoms with E-state index in [0.717, 1.165) is 0 Å². The quantitative estimate of drug-likeness (QED) is 0.611. The predicted molar refractivity (Wildman–Crippen MR) is 96.6 cm³/mol. The lowest BCUT2D eigenvalue weighted by atomic mass is 10.1. The molecule has 138 valence electrons. The first-order chi connectivity index (χ1) is 12.5. The third-order valence-electron chi connectivity index (χ3n) is 3.80. The molecule has 8 nitrogen and oxygen atoms in total. The highest BCUT2D eigenvalue weighted by atomic mass is 32.1. The Kier molecular flexibility index (Phi) is 4.99. The molecule has 1 aromatic carbocycles. The second-order valence-electron chi connectivity index (χ2n) is 5.28. The highest BCUT2D eigenvalue weighted by Crippen LogP contribution is 2.40. The van der Waals surface area contributed by atoms with Crippen molar-refractivity contribution < 1.29 is 23.7 Å². The van der Waals surface area contributed by atoms with Gasteiger partial charge in [0.25, 0.3) is 0 Å². The summed E-state index contributed by atoms with van der Waals surface area (Å²) >= 11 is 1.24. The van der Waals surface area contributed by atoms with Crippen molar-refractivity contribution in [3.63, 3.8) is 0 Å². The first-order valence-electron chi connectivity index (χ1n) is 7.87. The van der Waals surface area contributed by atoms with E-state index in [1.165, 1.54) is 11.3 Å². The number of ether oxygens (including phenoxy) is 4. The van der Waals surface area contributed by atoms with Gasteiger partial charge in [-0.2, -0.15) is 4.98 Å². The monoisotopic (exact) mass is 377 g/mol. The van der Waals surface area contributed by atoms with Crippen molar-refractivity contribution in [2.75, 3.05) is 27.9 Å². The lowest BCUT2D eigenvalue weighted by molar-refractivity contribution is 0.0530. The van der Waals surface area contributed by atoms with Crippen LogP contribution in [0.3, 0.4) is 0 Å². The number of esters is 1. The third kappa shape index (κ3) is 2.94. The zero-order chi connectivity index (χ0) is 18.8. The van der Waals surface area contributed by atoms with Crippen LogP contribution in [0.1, 0.15) is 22.3 Å². The third-order valence-corrected chi connectivity index (χ3v) is 4.91. The molecule has 0 aliphatic heterocycles. The van der Waals surface area contributed by atoms with E-state index in [1.54, 1.807) is 44.9 Å². The minimum Gasteiger partial charge on any atom is -0.493 e. The highest BCUT2D eigenvalue weighted by Gasteiger charge is 2.21. The Hall–Kier alpha value is -2.81. The van der Waals surface area contributed by atoms with Gasteiger partial charge in [0.1, 0.15) is 4.88 Å². The Balaban J connectivity index is 2.08. The number of fused-ring (bicyclic) bond motifs is 1. The summed E-state index contributed by atoms with van der Waals surface area (Å²) in [6.07, 6.45) is 0. The lowest BCUT2D eigenvalue weighted by Crippen LogP contribution is -2.05. The second kappa shape index (κ2) is 7.20. The fraction of sp³-hybridized carbons (Fsp3) is 0.353. The number of aryl methyl sites for hydroxylation is 1. The standard InChI is InChI=1S/C17H19N3O5S/c1-6-25-16(21)14-9(2)20-17(26-14)18-15(19-20)10-7-11(22-3)13(24-5)12(8-10)23-4/h7-8H,6H2,1-5H3. The van der Waals surface area contributed by atoms with Crippen molar-refractivity contribution in [1.29, 1.82) is 0 Å². The van der Waals surface area contributed by atoms with Gasteiger partial charge in [-0.15, -0.1) is 5.10 Å². The van der Waals surface area contributed by atoms with E-state index in [-0.39, 0.29) is 5.97 Å². The smallest absolute Gasteiger partial charge is 0.350 e. The summed E-state index contributed by atoms with van der Waals surface area (Å²) in [6.45, 7) is 3.90. The normalized spacial score (nSPS) is 10.8. The van der Waals surface area contributed by atoms with E-state index >= 15 is 0 Å². The summed E-state index contributed by atoms with van der Waals surface area (Å²) in [7, 11) is 4.65. The van der Waals surface area contributed by atoms with Gasteiger partial charge in [0.15, 0.2) is 17.3 Å². The van der Waals surface area contributed by atoms with Crippen molar-refractivity contribution in [3.05, 3.63) is 22.7 Å². The largest absolute Gasteiger partial charge is 0.493 e. The van der Waals surface area contributed by atoms with Crippen LogP contribution in [0.15, 0.2) is 12.1 Å². The first kappa shape index (κ1) is 18.0. The van der Waals surface area contributed by atoms with Crippen LogP contribution in [0.25, 0.3) is 16.3 Å². The lowest BCUT2D eigenvalue weighted by Gasteiger charge is -2.12. The SMILES string of the molecule is CCOC(=O)c1sc2nc(-c3cc(OC)c(OC)c(OC)c3)nn2c1C. The Morgan fingerprint density at radius 3 is 2.31 bits per heavy atom. The Morgan fingerprint density at radius 1 is 1.15 bits per heavy atom. The number of carbonyl (C=O) groups is 1. The van der Waals surface area contributed by atoms with Crippen LogP contribution in [-0.2, 0) is 4.74 Å². The maximum atomic E-state index is 12.0. The van der Waals surface area contributed by atoms with Crippen LogP contribution in [0, 0.1) is 6.92 Å². The molecule has 2 heterocycles.